The van der Waals surface area contributed by atoms with Crippen LogP contribution in [-0.4, -0.2) is 48.5 Å². The monoisotopic (exact) mass is 270 g/mol. The molecule has 1 aliphatic rings. The SMILES string of the molecule is O=C(CNc1ccnc2ccccc12)N1CCNCC1. The van der Waals surface area contributed by atoms with Crippen LogP contribution in [0.25, 0.3) is 10.9 Å². The minimum atomic E-state index is 0.146. The van der Waals surface area contributed by atoms with Gasteiger partial charge in [0, 0.05) is 43.4 Å². The summed E-state index contributed by atoms with van der Waals surface area (Å²) in [5.74, 6) is 0.146. The minimum absolute atomic E-state index is 0.146. The third-order valence-corrected chi connectivity index (χ3v) is 3.55. The summed E-state index contributed by atoms with van der Waals surface area (Å²) in [6, 6.07) is 9.84. The molecule has 1 amide bonds. The molecule has 5 heteroatoms. The Balaban J connectivity index is 1.69. The van der Waals surface area contributed by atoms with E-state index in [2.05, 4.69) is 15.6 Å². The number of carbonyl (C=O) groups excluding carboxylic acids is 1. The minimum Gasteiger partial charge on any atom is -0.376 e. The van der Waals surface area contributed by atoms with E-state index in [4.69, 9.17) is 0 Å². The second-order valence-electron chi connectivity index (χ2n) is 4.86. The fourth-order valence-electron chi connectivity index (χ4n) is 2.45. The number of nitrogens with one attached hydrogen (secondary N) is 2. The van der Waals surface area contributed by atoms with E-state index in [1.807, 2.05) is 35.2 Å². The second kappa shape index (κ2) is 5.88. The van der Waals surface area contributed by atoms with Crippen LogP contribution in [0.2, 0.25) is 0 Å². The third kappa shape index (κ3) is 2.72. The highest BCUT2D eigenvalue weighted by atomic mass is 16.2. The van der Waals surface area contributed by atoms with Crippen molar-refractivity contribution in [3.05, 3.63) is 36.5 Å². The van der Waals surface area contributed by atoms with Gasteiger partial charge in [0.05, 0.1) is 12.1 Å². The zero-order valence-electron chi connectivity index (χ0n) is 11.3. The van der Waals surface area contributed by atoms with Crippen molar-refractivity contribution in [3.8, 4) is 0 Å². The highest BCUT2D eigenvalue weighted by Crippen LogP contribution is 2.20. The molecule has 0 unspecified atom stereocenters. The maximum atomic E-state index is 12.1. The average molecular weight is 270 g/mol. The normalized spacial score (nSPS) is 15.3. The number of hydrogen-bond acceptors (Lipinski definition) is 4. The molecule has 1 aliphatic heterocycles. The molecule has 3 rings (SSSR count). The van der Waals surface area contributed by atoms with Gasteiger partial charge < -0.3 is 15.5 Å². The highest BCUT2D eigenvalue weighted by molar-refractivity contribution is 5.92. The van der Waals surface area contributed by atoms with E-state index in [1.54, 1.807) is 6.20 Å². The quantitative estimate of drug-likeness (QED) is 0.876. The number of amides is 1. The number of carbonyl (C=O) groups is 1. The summed E-state index contributed by atoms with van der Waals surface area (Å²) < 4.78 is 0. The number of aromatic nitrogens is 1. The van der Waals surface area contributed by atoms with Crippen LogP contribution in [0.4, 0.5) is 5.69 Å². The Morgan fingerprint density at radius 3 is 2.90 bits per heavy atom. The molecule has 1 saturated heterocycles. The average Bonchev–Trinajstić information content (AvgIpc) is 2.53. The van der Waals surface area contributed by atoms with Crippen molar-refractivity contribution in [2.45, 2.75) is 0 Å². The van der Waals surface area contributed by atoms with Gasteiger partial charge in [-0.2, -0.15) is 0 Å². The summed E-state index contributed by atoms with van der Waals surface area (Å²) >= 11 is 0. The first-order valence-electron chi connectivity index (χ1n) is 6.91. The molecule has 0 atom stereocenters. The molecular formula is C15H18N4O. The van der Waals surface area contributed by atoms with E-state index in [-0.39, 0.29) is 5.91 Å². The molecule has 1 fully saturated rings. The molecule has 0 spiro atoms. The summed E-state index contributed by atoms with van der Waals surface area (Å²) in [6.45, 7) is 3.66. The van der Waals surface area contributed by atoms with Crippen molar-refractivity contribution < 1.29 is 4.79 Å². The Morgan fingerprint density at radius 2 is 2.05 bits per heavy atom. The zero-order valence-corrected chi connectivity index (χ0v) is 11.3. The largest absolute Gasteiger partial charge is 0.376 e. The first kappa shape index (κ1) is 12.9. The van der Waals surface area contributed by atoms with Gasteiger partial charge in [-0.15, -0.1) is 0 Å². The molecule has 0 aliphatic carbocycles. The highest BCUT2D eigenvalue weighted by Gasteiger charge is 2.15. The first-order chi connectivity index (χ1) is 9.84. The van der Waals surface area contributed by atoms with Gasteiger partial charge in [0.25, 0.3) is 0 Å². The number of fused-ring (bicyclic) bond motifs is 1. The third-order valence-electron chi connectivity index (χ3n) is 3.55. The van der Waals surface area contributed by atoms with E-state index >= 15 is 0 Å². The van der Waals surface area contributed by atoms with Crippen LogP contribution < -0.4 is 10.6 Å². The fraction of sp³-hybridized carbons (Fsp3) is 0.333. The lowest BCUT2D eigenvalue weighted by Gasteiger charge is -2.27. The molecule has 20 heavy (non-hydrogen) atoms. The van der Waals surface area contributed by atoms with Crippen LogP contribution in [0.5, 0.6) is 0 Å². The standard InChI is InChI=1S/C15H18N4O/c20-15(19-9-7-16-8-10-19)11-18-14-5-6-17-13-4-2-1-3-12(13)14/h1-6,16H,7-11H2,(H,17,18). The van der Waals surface area contributed by atoms with Crippen LogP contribution in [-0.2, 0) is 4.79 Å². The summed E-state index contributed by atoms with van der Waals surface area (Å²) in [6.07, 6.45) is 1.76. The van der Waals surface area contributed by atoms with Gasteiger partial charge in [-0.05, 0) is 12.1 Å². The van der Waals surface area contributed by atoms with Crippen molar-refractivity contribution in [2.24, 2.45) is 0 Å². The molecule has 1 aromatic carbocycles. The molecule has 0 radical (unpaired) electrons. The molecule has 104 valence electrons. The number of piperazine rings is 1. The van der Waals surface area contributed by atoms with E-state index in [1.165, 1.54) is 0 Å². The van der Waals surface area contributed by atoms with Gasteiger partial charge in [0.15, 0.2) is 0 Å². The smallest absolute Gasteiger partial charge is 0.241 e. The molecule has 2 aromatic rings. The van der Waals surface area contributed by atoms with E-state index in [0.717, 1.165) is 42.8 Å². The van der Waals surface area contributed by atoms with Gasteiger partial charge in [-0.3, -0.25) is 9.78 Å². The summed E-state index contributed by atoms with van der Waals surface area (Å²) in [5, 5.41) is 7.52. The van der Waals surface area contributed by atoms with Crippen LogP contribution >= 0.6 is 0 Å². The molecular weight excluding hydrogens is 252 g/mol. The summed E-state index contributed by atoms with van der Waals surface area (Å²) in [4.78, 5) is 18.3. The number of anilines is 1. The van der Waals surface area contributed by atoms with Gasteiger partial charge in [-0.1, -0.05) is 18.2 Å². The second-order valence-corrected chi connectivity index (χ2v) is 4.86. The Labute approximate surface area is 118 Å². The van der Waals surface area contributed by atoms with Crippen LogP contribution in [0, 0.1) is 0 Å². The Bertz CT molecular complexity index is 602. The number of rotatable bonds is 3. The topological polar surface area (TPSA) is 57.3 Å². The Hall–Kier alpha value is -2.14. The van der Waals surface area contributed by atoms with Gasteiger partial charge >= 0.3 is 0 Å². The number of pyridine rings is 1. The summed E-state index contributed by atoms with van der Waals surface area (Å²) in [5.41, 5.74) is 1.89. The van der Waals surface area contributed by atoms with Crippen molar-refractivity contribution in [2.75, 3.05) is 38.0 Å². The van der Waals surface area contributed by atoms with E-state index < -0.39 is 0 Å². The number of nitrogens with zero attached hydrogens (tertiary/aromatic N) is 2. The fourth-order valence-corrected chi connectivity index (χ4v) is 2.45. The first-order valence-corrected chi connectivity index (χ1v) is 6.91. The Kier molecular flexibility index (Phi) is 3.78. The molecule has 0 bridgehead atoms. The zero-order chi connectivity index (χ0) is 13.8. The predicted octanol–water partition coefficient (Wildman–Crippen LogP) is 1.08. The predicted molar refractivity (Wildman–Crippen MR) is 79.7 cm³/mol. The maximum Gasteiger partial charge on any atom is 0.241 e. The molecule has 1 aromatic heterocycles. The molecule has 0 saturated carbocycles. The van der Waals surface area contributed by atoms with E-state index in [9.17, 15) is 4.79 Å². The maximum absolute atomic E-state index is 12.1. The van der Waals surface area contributed by atoms with Crippen LogP contribution in [0.15, 0.2) is 36.5 Å². The van der Waals surface area contributed by atoms with Gasteiger partial charge in [0.2, 0.25) is 5.91 Å². The number of benzene rings is 1. The lowest BCUT2D eigenvalue weighted by molar-refractivity contribution is -0.129. The van der Waals surface area contributed by atoms with Crippen LogP contribution in [0.1, 0.15) is 0 Å². The van der Waals surface area contributed by atoms with Gasteiger partial charge in [-0.25, -0.2) is 0 Å². The van der Waals surface area contributed by atoms with E-state index in [0.29, 0.717) is 6.54 Å². The summed E-state index contributed by atoms with van der Waals surface area (Å²) in [7, 11) is 0. The molecule has 5 nitrogen and oxygen atoms in total. The van der Waals surface area contributed by atoms with Crippen molar-refractivity contribution in [1.82, 2.24) is 15.2 Å². The number of hydrogen-bond donors (Lipinski definition) is 2. The molecule has 2 N–H and O–H groups in total. The van der Waals surface area contributed by atoms with Crippen molar-refractivity contribution >= 4 is 22.5 Å². The van der Waals surface area contributed by atoms with Crippen LogP contribution in [0.3, 0.4) is 0 Å². The Morgan fingerprint density at radius 1 is 1.25 bits per heavy atom. The van der Waals surface area contributed by atoms with Crippen molar-refractivity contribution in [3.63, 3.8) is 0 Å². The number of para-hydroxylation sites is 1. The van der Waals surface area contributed by atoms with Crippen molar-refractivity contribution in [1.29, 1.82) is 0 Å². The lowest BCUT2D eigenvalue weighted by atomic mass is 10.2. The molecule has 2 heterocycles. The lowest BCUT2D eigenvalue weighted by Crippen LogP contribution is -2.48. The van der Waals surface area contributed by atoms with Gasteiger partial charge in [0.1, 0.15) is 0 Å².